The molecule has 0 bridgehead atoms. The molecule has 0 saturated heterocycles. The Morgan fingerprint density at radius 2 is 1.78 bits per heavy atom. The van der Waals surface area contributed by atoms with Gasteiger partial charge in [-0.1, -0.05) is 36.8 Å². The van der Waals surface area contributed by atoms with Gasteiger partial charge in [0.1, 0.15) is 5.82 Å². The van der Waals surface area contributed by atoms with E-state index >= 15 is 0 Å². The molecule has 0 atom stereocenters. The minimum atomic E-state index is -0.427. The maximum Gasteiger partial charge on any atom is 0.251 e. The number of aromatic amines is 1. The monoisotopic (exact) mass is 359 g/mol. The van der Waals surface area contributed by atoms with E-state index < -0.39 is 5.41 Å². The summed E-state index contributed by atoms with van der Waals surface area (Å²) in [7, 11) is 0. The second kappa shape index (κ2) is 6.83. The van der Waals surface area contributed by atoms with E-state index in [1.54, 1.807) is 6.92 Å². The molecule has 0 radical (unpaired) electrons. The van der Waals surface area contributed by atoms with Gasteiger partial charge in [0.15, 0.2) is 0 Å². The van der Waals surface area contributed by atoms with Gasteiger partial charge in [0.05, 0.1) is 5.41 Å². The highest BCUT2D eigenvalue weighted by Crippen LogP contribution is 2.44. The normalized spacial score (nSPS) is 15.0. The average molecular weight is 359 g/mol. The quantitative estimate of drug-likeness (QED) is 0.744. The molecule has 1 aliphatic rings. The number of aryl methyl sites for hydroxylation is 1. The number of rotatable bonds is 4. The number of H-pyrrole nitrogens is 1. The summed E-state index contributed by atoms with van der Waals surface area (Å²) in [6.45, 7) is 1.79. The number of nitrogens with one attached hydrogen (secondary N) is 2. The van der Waals surface area contributed by atoms with E-state index in [2.05, 4.69) is 15.3 Å². The summed E-state index contributed by atoms with van der Waals surface area (Å²) in [6.07, 6.45) is 2.80. The molecular weight excluding hydrogens is 338 g/mol. The zero-order valence-electron chi connectivity index (χ0n) is 15.2. The van der Waals surface area contributed by atoms with Gasteiger partial charge in [0.25, 0.3) is 5.56 Å². The first-order valence-corrected chi connectivity index (χ1v) is 9.12. The van der Waals surface area contributed by atoms with Crippen molar-refractivity contribution in [3.63, 3.8) is 0 Å². The highest BCUT2D eigenvalue weighted by molar-refractivity contribution is 6.00. The molecule has 5 nitrogen and oxygen atoms in total. The van der Waals surface area contributed by atoms with Crippen LogP contribution in [0, 0.1) is 6.92 Å². The van der Waals surface area contributed by atoms with E-state index in [9.17, 15) is 9.59 Å². The van der Waals surface area contributed by atoms with Gasteiger partial charge >= 0.3 is 0 Å². The number of carbonyl (C=O) groups is 1. The third-order valence-electron chi connectivity index (χ3n) is 5.25. The van der Waals surface area contributed by atoms with Crippen LogP contribution < -0.4 is 10.9 Å². The Balaban J connectivity index is 1.55. The number of amides is 1. The van der Waals surface area contributed by atoms with Gasteiger partial charge < -0.3 is 10.3 Å². The van der Waals surface area contributed by atoms with Crippen molar-refractivity contribution in [3.05, 3.63) is 82.3 Å². The molecular formula is C22H21N3O2. The summed E-state index contributed by atoms with van der Waals surface area (Å²) >= 11 is 0. The zero-order chi connectivity index (χ0) is 18.9. The van der Waals surface area contributed by atoms with Gasteiger partial charge in [-0.3, -0.25) is 9.59 Å². The van der Waals surface area contributed by atoms with Crippen molar-refractivity contribution >= 4 is 11.6 Å². The molecule has 1 heterocycles. The number of hydrogen-bond donors (Lipinski definition) is 2. The Hall–Kier alpha value is -3.21. The Kier molecular flexibility index (Phi) is 4.36. The summed E-state index contributed by atoms with van der Waals surface area (Å²) < 4.78 is 0. The van der Waals surface area contributed by atoms with Gasteiger partial charge in [-0.25, -0.2) is 4.98 Å². The van der Waals surface area contributed by atoms with Crippen molar-refractivity contribution in [1.29, 1.82) is 0 Å². The molecule has 1 aromatic heterocycles. The van der Waals surface area contributed by atoms with Gasteiger partial charge in [0.2, 0.25) is 5.91 Å². The first-order valence-electron chi connectivity index (χ1n) is 9.12. The molecule has 27 heavy (non-hydrogen) atoms. The number of nitrogens with zero attached hydrogens (tertiary/aromatic N) is 1. The van der Waals surface area contributed by atoms with Crippen LogP contribution in [-0.2, 0) is 10.2 Å². The van der Waals surface area contributed by atoms with Crippen LogP contribution in [0.1, 0.15) is 30.5 Å². The lowest BCUT2D eigenvalue weighted by atomic mass is 9.64. The lowest BCUT2D eigenvalue weighted by Crippen LogP contribution is -2.45. The largest absolute Gasteiger partial charge is 0.325 e. The van der Waals surface area contributed by atoms with E-state index in [1.807, 2.05) is 54.6 Å². The zero-order valence-corrected chi connectivity index (χ0v) is 15.2. The van der Waals surface area contributed by atoms with E-state index in [4.69, 9.17) is 0 Å². The van der Waals surface area contributed by atoms with E-state index in [0.717, 1.165) is 36.1 Å². The second-order valence-corrected chi connectivity index (χ2v) is 7.07. The molecule has 0 aliphatic heterocycles. The summed E-state index contributed by atoms with van der Waals surface area (Å²) in [5.74, 6) is 0.562. The third kappa shape index (κ3) is 3.28. The fraction of sp³-hybridized carbons (Fsp3) is 0.227. The third-order valence-corrected chi connectivity index (χ3v) is 5.25. The molecule has 0 spiro atoms. The van der Waals surface area contributed by atoms with Gasteiger partial charge in [-0.15, -0.1) is 0 Å². The van der Waals surface area contributed by atoms with Crippen LogP contribution in [0.2, 0.25) is 0 Å². The molecule has 2 N–H and O–H groups in total. The van der Waals surface area contributed by atoms with E-state index in [0.29, 0.717) is 11.5 Å². The molecule has 1 saturated carbocycles. The fourth-order valence-electron chi connectivity index (χ4n) is 3.61. The predicted molar refractivity (Wildman–Crippen MR) is 106 cm³/mol. The molecule has 5 heteroatoms. The topological polar surface area (TPSA) is 74.8 Å². The number of aromatic nitrogens is 2. The van der Waals surface area contributed by atoms with Gasteiger partial charge in [0, 0.05) is 23.0 Å². The summed E-state index contributed by atoms with van der Waals surface area (Å²) in [4.78, 5) is 31.7. The molecule has 0 unspecified atom stereocenters. The summed E-state index contributed by atoms with van der Waals surface area (Å²) in [5.41, 5.74) is 2.68. The molecule has 1 aliphatic carbocycles. The predicted octanol–water partition coefficient (Wildman–Crippen LogP) is 3.81. The van der Waals surface area contributed by atoms with E-state index in [-0.39, 0.29) is 11.5 Å². The molecule has 4 rings (SSSR count). The first kappa shape index (κ1) is 17.2. The highest BCUT2D eigenvalue weighted by Gasteiger charge is 2.45. The number of benzene rings is 2. The van der Waals surface area contributed by atoms with Crippen LogP contribution in [0.15, 0.2) is 65.5 Å². The molecule has 1 amide bonds. The molecule has 136 valence electrons. The van der Waals surface area contributed by atoms with Crippen molar-refractivity contribution in [2.75, 3.05) is 5.32 Å². The molecule has 3 aromatic rings. The number of hydrogen-bond acceptors (Lipinski definition) is 3. The lowest BCUT2D eigenvalue weighted by Gasteiger charge is -2.40. The smallest absolute Gasteiger partial charge is 0.251 e. The molecule has 1 fully saturated rings. The van der Waals surface area contributed by atoms with E-state index in [1.165, 1.54) is 6.07 Å². The maximum absolute atomic E-state index is 13.0. The average Bonchev–Trinajstić information content (AvgIpc) is 2.61. The molecule has 2 aromatic carbocycles. The number of anilines is 1. The second-order valence-electron chi connectivity index (χ2n) is 7.07. The lowest BCUT2D eigenvalue weighted by molar-refractivity contribution is -0.124. The van der Waals surface area contributed by atoms with Crippen LogP contribution in [0.5, 0.6) is 0 Å². The standard InChI is InChI=1S/C22H21N3O2/c1-15-14-19(26)25-20(23-15)16-8-10-18(11-9-16)24-21(27)22(12-5-13-22)17-6-3-2-4-7-17/h2-4,6-11,14H,5,12-13H2,1H3,(H,24,27)(H,23,25,26). The Morgan fingerprint density at radius 3 is 2.37 bits per heavy atom. The van der Waals surface area contributed by atoms with Gasteiger partial charge in [-0.2, -0.15) is 0 Å². The first-order chi connectivity index (χ1) is 13.1. The minimum Gasteiger partial charge on any atom is -0.325 e. The minimum absolute atomic E-state index is 0.0368. The maximum atomic E-state index is 13.0. The summed E-state index contributed by atoms with van der Waals surface area (Å²) in [5, 5.41) is 3.05. The van der Waals surface area contributed by atoms with Crippen LogP contribution >= 0.6 is 0 Å². The Bertz CT molecular complexity index is 1020. The SMILES string of the molecule is Cc1cc(=O)[nH]c(-c2ccc(NC(=O)C3(c4ccccc4)CCC3)cc2)n1. The van der Waals surface area contributed by atoms with Crippen molar-refractivity contribution in [2.24, 2.45) is 0 Å². The van der Waals surface area contributed by atoms with Crippen molar-refractivity contribution in [3.8, 4) is 11.4 Å². The van der Waals surface area contributed by atoms with Crippen LogP contribution in [-0.4, -0.2) is 15.9 Å². The van der Waals surface area contributed by atoms with Crippen molar-refractivity contribution in [1.82, 2.24) is 9.97 Å². The van der Waals surface area contributed by atoms with Gasteiger partial charge in [-0.05, 0) is 49.6 Å². The van der Waals surface area contributed by atoms with Crippen LogP contribution in [0.4, 0.5) is 5.69 Å². The van der Waals surface area contributed by atoms with Crippen molar-refractivity contribution < 1.29 is 4.79 Å². The van der Waals surface area contributed by atoms with Crippen LogP contribution in [0.25, 0.3) is 11.4 Å². The summed E-state index contributed by atoms with van der Waals surface area (Å²) in [6, 6.07) is 18.8. The Morgan fingerprint density at radius 1 is 1.07 bits per heavy atom. The Labute approximate surface area is 157 Å². The highest BCUT2D eigenvalue weighted by atomic mass is 16.2. The fourth-order valence-corrected chi connectivity index (χ4v) is 3.61. The van der Waals surface area contributed by atoms with Crippen molar-refractivity contribution in [2.45, 2.75) is 31.6 Å². The number of carbonyl (C=O) groups excluding carboxylic acids is 1. The van der Waals surface area contributed by atoms with Crippen LogP contribution in [0.3, 0.4) is 0 Å².